The first-order chi connectivity index (χ1) is 9.49. The lowest BCUT2D eigenvalue weighted by Gasteiger charge is -2.22. The predicted molar refractivity (Wildman–Crippen MR) is 80.3 cm³/mol. The predicted octanol–water partition coefficient (Wildman–Crippen LogP) is 2.14. The highest BCUT2D eigenvalue weighted by molar-refractivity contribution is 7.89. The maximum atomic E-state index is 12.1. The molecule has 118 valence electrons. The highest BCUT2D eigenvalue weighted by atomic mass is 32.2. The summed E-state index contributed by atoms with van der Waals surface area (Å²) in [4.78, 5) is 11.7. The van der Waals surface area contributed by atoms with Gasteiger partial charge in [0.2, 0.25) is 10.0 Å². The highest BCUT2D eigenvalue weighted by Gasteiger charge is 2.21. The fourth-order valence-electron chi connectivity index (χ4n) is 1.53. The molecular formula is C14H22N2O4S. The van der Waals surface area contributed by atoms with Crippen LogP contribution in [0, 0.1) is 6.92 Å². The first-order valence-corrected chi connectivity index (χ1v) is 8.06. The minimum Gasteiger partial charge on any atom is -0.444 e. The summed E-state index contributed by atoms with van der Waals surface area (Å²) in [5.41, 5.74) is 0.327. The lowest BCUT2D eigenvalue weighted by atomic mass is 10.2. The minimum atomic E-state index is -3.69. The third kappa shape index (κ3) is 6.14. The molecule has 1 aromatic rings. The molecule has 1 atom stereocenters. The molecule has 0 fully saturated rings. The van der Waals surface area contributed by atoms with Crippen LogP contribution in [0.5, 0.6) is 0 Å². The van der Waals surface area contributed by atoms with Crippen LogP contribution >= 0.6 is 0 Å². The standard InChI is InChI=1S/C14H22N2O4S/c1-10-6-8-12(9-7-10)21(18,19)16-11(2)15-13(17)20-14(3,4)5/h6-9,11,16H,1-5H3,(H,15,17). The number of alkyl carbamates (subject to hydrolysis) is 1. The molecule has 2 N–H and O–H groups in total. The van der Waals surface area contributed by atoms with Crippen LogP contribution in [0.2, 0.25) is 0 Å². The molecule has 0 spiro atoms. The maximum Gasteiger partial charge on any atom is 0.408 e. The Balaban J connectivity index is 2.67. The Hall–Kier alpha value is -1.60. The van der Waals surface area contributed by atoms with Crippen LogP contribution in [-0.4, -0.2) is 26.3 Å². The smallest absolute Gasteiger partial charge is 0.408 e. The van der Waals surface area contributed by atoms with Crippen molar-refractivity contribution in [2.45, 2.75) is 51.3 Å². The number of ether oxygens (including phenoxy) is 1. The molecule has 0 radical (unpaired) electrons. The molecule has 1 aromatic carbocycles. The van der Waals surface area contributed by atoms with Crippen molar-refractivity contribution in [3.8, 4) is 0 Å². The molecule has 0 aliphatic carbocycles. The summed E-state index contributed by atoms with van der Waals surface area (Å²) in [6.07, 6.45) is -1.47. The molecule has 0 saturated carbocycles. The monoisotopic (exact) mass is 314 g/mol. The molecule has 0 aliphatic heterocycles. The Labute approximate surface area is 125 Å². The van der Waals surface area contributed by atoms with Crippen molar-refractivity contribution in [2.75, 3.05) is 0 Å². The summed E-state index contributed by atoms with van der Waals surface area (Å²) in [7, 11) is -3.69. The Bertz CT molecular complexity index is 588. The SMILES string of the molecule is Cc1ccc(S(=O)(=O)NC(C)NC(=O)OC(C)(C)C)cc1. The van der Waals surface area contributed by atoms with Gasteiger partial charge in [0.15, 0.2) is 0 Å². The van der Waals surface area contributed by atoms with Gasteiger partial charge >= 0.3 is 6.09 Å². The van der Waals surface area contributed by atoms with Crippen molar-refractivity contribution in [1.82, 2.24) is 10.0 Å². The molecule has 0 bridgehead atoms. The van der Waals surface area contributed by atoms with Gasteiger partial charge in [-0.3, -0.25) is 0 Å². The summed E-state index contributed by atoms with van der Waals surface area (Å²) in [5, 5.41) is 2.42. The van der Waals surface area contributed by atoms with Crippen LogP contribution in [0.25, 0.3) is 0 Å². The first kappa shape index (κ1) is 17.5. The summed E-state index contributed by atoms with van der Waals surface area (Å²) in [6, 6.07) is 6.44. The molecule has 0 saturated heterocycles. The summed E-state index contributed by atoms with van der Waals surface area (Å²) >= 11 is 0. The second-order valence-electron chi connectivity index (χ2n) is 5.80. The number of hydrogen-bond acceptors (Lipinski definition) is 4. The van der Waals surface area contributed by atoms with E-state index >= 15 is 0 Å². The van der Waals surface area contributed by atoms with E-state index in [1.807, 2.05) is 6.92 Å². The molecular weight excluding hydrogens is 292 g/mol. The van der Waals surface area contributed by atoms with E-state index in [0.29, 0.717) is 0 Å². The number of hydrogen-bond donors (Lipinski definition) is 2. The number of aryl methyl sites for hydroxylation is 1. The highest BCUT2D eigenvalue weighted by Crippen LogP contribution is 2.10. The van der Waals surface area contributed by atoms with Crippen molar-refractivity contribution in [3.05, 3.63) is 29.8 Å². The average molecular weight is 314 g/mol. The summed E-state index contributed by atoms with van der Waals surface area (Å²) in [6.45, 7) is 8.58. The Morgan fingerprint density at radius 3 is 2.19 bits per heavy atom. The minimum absolute atomic E-state index is 0.144. The van der Waals surface area contributed by atoms with E-state index in [-0.39, 0.29) is 4.90 Å². The van der Waals surface area contributed by atoms with Gasteiger partial charge in [0, 0.05) is 0 Å². The number of carbonyl (C=O) groups excluding carboxylic acids is 1. The summed E-state index contributed by atoms with van der Waals surface area (Å²) in [5.74, 6) is 0. The number of amides is 1. The zero-order chi connectivity index (χ0) is 16.3. The van der Waals surface area contributed by atoms with Crippen LogP contribution in [0.15, 0.2) is 29.2 Å². The lowest BCUT2D eigenvalue weighted by molar-refractivity contribution is 0.0506. The van der Waals surface area contributed by atoms with Crippen LogP contribution < -0.4 is 10.0 Å². The number of benzene rings is 1. The van der Waals surface area contributed by atoms with Crippen LogP contribution in [-0.2, 0) is 14.8 Å². The van der Waals surface area contributed by atoms with Crippen molar-refractivity contribution in [1.29, 1.82) is 0 Å². The zero-order valence-corrected chi connectivity index (χ0v) is 13.7. The van der Waals surface area contributed by atoms with Gasteiger partial charge in [0.05, 0.1) is 11.1 Å². The third-order valence-electron chi connectivity index (χ3n) is 2.40. The number of sulfonamides is 1. The van der Waals surface area contributed by atoms with Crippen molar-refractivity contribution >= 4 is 16.1 Å². The van der Waals surface area contributed by atoms with Gasteiger partial charge in [-0.25, -0.2) is 13.2 Å². The van der Waals surface area contributed by atoms with E-state index in [9.17, 15) is 13.2 Å². The molecule has 6 nitrogen and oxygen atoms in total. The summed E-state index contributed by atoms with van der Waals surface area (Å²) < 4.78 is 31.7. The molecule has 21 heavy (non-hydrogen) atoms. The van der Waals surface area contributed by atoms with E-state index in [4.69, 9.17) is 4.74 Å². The van der Waals surface area contributed by atoms with Crippen molar-refractivity contribution in [3.63, 3.8) is 0 Å². The van der Waals surface area contributed by atoms with Gasteiger partial charge in [0.25, 0.3) is 0 Å². The van der Waals surface area contributed by atoms with E-state index in [0.717, 1.165) is 5.56 Å². The average Bonchev–Trinajstić information content (AvgIpc) is 2.25. The van der Waals surface area contributed by atoms with Crippen LogP contribution in [0.3, 0.4) is 0 Å². The Morgan fingerprint density at radius 2 is 1.71 bits per heavy atom. The topological polar surface area (TPSA) is 84.5 Å². The van der Waals surface area contributed by atoms with Gasteiger partial charge in [-0.2, -0.15) is 4.72 Å². The van der Waals surface area contributed by atoms with Crippen molar-refractivity contribution in [2.24, 2.45) is 0 Å². The van der Waals surface area contributed by atoms with Gasteiger partial charge in [0.1, 0.15) is 5.60 Å². The lowest BCUT2D eigenvalue weighted by Crippen LogP contribution is -2.47. The number of carbonyl (C=O) groups is 1. The molecule has 7 heteroatoms. The molecule has 1 rings (SSSR count). The molecule has 1 amide bonds. The molecule has 1 unspecified atom stereocenters. The third-order valence-corrected chi connectivity index (χ3v) is 3.95. The van der Waals surface area contributed by atoms with E-state index < -0.39 is 27.9 Å². The number of rotatable bonds is 4. The fraction of sp³-hybridized carbons (Fsp3) is 0.500. The Kier molecular flexibility index (Phi) is 5.36. The first-order valence-electron chi connectivity index (χ1n) is 6.58. The van der Waals surface area contributed by atoms with E-state index in [1.165, 1.54) is 19.1 Å². The van der Waals surface area contributed by atoms with Crippen molar-refractivity contribution < 1.29 is 17.9 Å². The molecule has 0 heterocycles. The maximum absolute atomic E-state index is 12.1. The van der Waals surface area contributed by atoms with Gasteiger partial charge in [-0.1, -0.05) is 17.7 Å². The van der Waals surface area contributed by atoms with Gasteiger partial charge < -0.3 is 10.1 Å². The van der Waals surface area contributed by atoms with Gasteiger partial charge in [-0.15, -0.1) is 0 Å². The van der Waals surface area contributed by atoms with Crippen LogP contribution in [0.1, 0.15) is 33.3 Å². The second-order valence-corrected chi connectivity index (χ2v) is 7.52. The molecule has 0 aromatic heterocycles. The second kappa shape index (κ2) is 6.44. The Morgan fingerprint density at radius 1 is 1.19 bits per heavy atom. The number of nitrogens with one attached hydrogen (secondary N) is 2. The zero-order valence-electron chi connectivity index (χ0n) is 12.9. The fourth-order valence-corrected chi connectivity index (χ4v) is 2.69. The van der Waals surface area contributed by atoms with E-state index in [1.54, 1.807) is 32.9 Å². The van der Waals surface area contributed by atoms with Crippen LogP contribution in [0.4, 0.5) is 4.79 Å². The largest absolute Gasteiger partial charge is 0.444 e. The normalized spacial score (nSPS) is 13.6. The molecule has 0 aliphatic rings. The van der Waals surface area contributed by atoms with Gasteiger partial charge in [-0.05, 0) is 46.8 Å². The quantitative estimate of drug-likeness (QED) is 0.834. The van der Waals surface area contributed by atoms with E-state index in [2.05, 4.69) is 10.0 Å².